The molecule has 4 atom stereocenters. The second-order valence-electron chi connectivity index (χ2n) is 4.69. The van der Waals surface area contributed by atoms with Crippen molar-refractivity contribution >= 4 is 9.84 Å². The van der Waals surface area contributed by atoms with Crippen molar-refractivity contribution < 1.29 is 13.2 Å². The van der Waals surface area contributed by atoms with E-state index >= 15 is 0 Å². The van der Waals surface area contributed by atoms with E-state index in [2.05, 4.69) is 0 Å². The summed E-state index contributed by atoms with van der Waals surface area (Å²) in [6.45, 7) is 2.42. The van der Waals surface area contributed by atoms with Gasteiger partial charge in [-0.15, -0.1) is 0 Å². The Morgan fingerprint density at radius 3 is 2.47 bits per heavy atom. The molecule has 1 saturated heterocycles. The summed E-state index contributed by atoms with van der Waals surface area (Å²) in [5.74, 6) is 0. The molecule has 0 radical (unpaired) electrons. The van der Waals surface area contributed by atoms with Crippen LogP contribution in [0.2, 0.25) is 0 Å². The van der Waals surface area contributed by atoms with E-state index in [0.717, 1.165) is 12.8 Å². The molecule has 4 unspecified atom stereocenters. The van der Waals surface area contributed by atoms with Gasteiger partial charge in [-0.1, -0.05) is 0 Å². The Balaban J connectivity index is 2.12. The monoisotopic (exact) mass is 233 g/mol. The highest BCUT2D eigenvalue weighted by Gasteiger charge is 2.42. The molecule has 1 saturated carbocycles. The first-order valence-electron chi connectivity index (χ1n) is 5.61. The lowest BCUT2D eigenvalue weighted by molar-refractivity contribution is 0.126. The van der Waals surface area contributed by atoms with Crippen LogP contribution in [0.25, 0.3) is 0 Å². The third-order valence-corrected chi connectivity index (χ3v) is 6.44. The van der Waals surface area contributed by atoms with E-state index in [-0.39, 0.29) is 22.6 Å². The number of hydrogen-bond acceptors (Lipinski definition) is 4. The zero-order valence-electron chi connectivity index (χ0n) is 9.06. The van der Waals surface area contributed by atoms with E-state index in [1.807, 2.05) is 6.92 Å². The van der Waals surface area contributed by atoms with Gasteiger partial charge in [0.2, 0.25) is 0 Å². The molecule has 1 aliphatic carbocycles. The summed E-state index contributed by atoms with van der Waals surface area (Å²) in [5, 5.41) is -0.519. The fourth-order valence-corrected chi connectivity index (χ4v) is 5.17. The summed E-state index contributed by atoms with van der Waals surface area (Å²) in [6, 6.07) is 0.0717. The molecule has 2 N–H and O–H groups in total. The van der Waals surface area contributed by atoms with Crippen LogP contribution in [0.5, 0.6) is 0 Å². The van der Waals surface area contributed by atoms with Gasteiger partial charge in [-0.3, -0.25) is 0 Å². The Labute approximate surface area is 91.1 Å². The molecule has 0 aromatic rings. The van der Waals surface area contributed by atoms with Crippen LogP contribution in [0.3, 0.4) is 0 Å². The second kappa shape index (κ2) is 4.03. The predicted molar refractivity (Wildman–Crippen MR) is 58.4 cm³/mol. The van der Waals surface area contributed by atoms with Crippen LogP contribution >= 0.6 is 0 Å². The van der Waals surface area contributed by atoms with Gasteiger partial charge in [0.25, 0.3) is 0 Å². The smallest absolute Gasteiger partial charge is 0.158 e. The van der Waals surface area contributed by atoms with Crippen molar-refractivity contribution in [1.29, 1.82) is 0 Å². The number of rotatable bonds is 2. The van der Waals surface area contributed by atoms with Gasteiger partial charge in [-0.25, -0.2) is 8.42 Å². The summed E-state index contributed by atoms with van der Waals surface area (Å²) in [4.78, 5) is 0. The molecule has 0 aromatic carbocycles. The fraction of sp³-hybridized carbons (Fsp3) is 1.00. The van der Waals surface area contributed by atoms with Crippen LogP contribution in [-0.2, 0) is 14.6 Å². The zero-order valence-corrected chi connectivity index (χ0v) is 9.87. The third-order valence-electron chi connectivity index (χ3n) is 3.62. The maximum Gasteiger partial charge on any atom is 0.158 e. The maximum absolute atomic E-state index is 12.3. The first kappa shape index (κ1) is 11.4. The standard InChI is InChI=1S/C10H19NO3S/c1-7-10(4-5-14-7)15(12,13)9-3-2-8(11)6-9/h7-10H,2-6,11H2,1H3. The van der Waals surface area contributed by atoms with Crippen molar-refractivity contribution in [2.45, 2.75) is 55.3 Å². The molecule has 88 valence electrons. The van der Waals surface area contributed by atoms with Gasteiger partial charge in [-0.05, 0) is 32.6 Å². The fourth-order valence-electron chi connectivity index (χ4n) is 2.66. The van der Waals surface area contributed by atoms with E-state index in [4.69, 9.17) is 10.5 Å². The highest BCUT2D eigenvalue weighted by atomic mass is 32.2. The normalized spacial score (nSPS) is 42.3. The highest BCUT2D eigenvalue weighted by molar-refractivity contribution is 7.92. The van der Waals surface area contributed by atoms with Crippen molar-refractivity contribution in [2.24, 2.45) is 5.73 Å². The van der Waals surface area contributed by atoms with Crippen LogP contribution in [-0.4, -0.2) is 37.7 Å². The molecule has 2 rings (SSSR count). The van der Waals surface area contributed by atoms with Gasteiger partial charge in [0, 0.05) is 12.6 Å². The average molecular weight is 233 g/mol. The average Bonchev–Trinajstić information content (AvgIpc) is 2.74. The Morgan fingerprint density at radius 2 is 2.00 bits per heavy atom. The lowest BCUT2D eigenvalue weighted by Gasteiger charge is -2.19. The summed E-state index contributed by atoms with van der Waals surface area (Å²) in [6.07, 6.45) is 2.70. The molecule has 4 nitrogen and oxygen atoms in total. The molecule has 0 spiro atoms. The lowest BCUT2D eigenvalue weighted by atomic mass is 10.2. The van der Waals surface area contributed by atoms with E-state index in [1.165, 1.54) is 0 Å². The van der Waals surface area contributed by atoms with Crippen molar-refractivity contribution in [3.63, 3.8) is 0 Å². The van der Waals surface area contributed by atoms with Crippen molar-refractivity contribution in [1.82, 2.24) is 0 Å². The van der Waals surface area contributed by atoms with Gasteiger partial charge in [0.15, 0.2) is 9.84 Å². The minimum absolute atomic E-state index is 0.0717. The first-order chi connectivity index (χ1) is 7.01. The molecule has 0 amide bonds. The Bertz CT molecular complexity index is 328. The molecule has 0 aromatic heterocycles. The van der Waals surface area contributed by atoms with Crippen LogP contribution in [0, 0.1) is 0 Å². The Morgan fingerprint density at radius 1 is 1.27 bits per heavy atom. The van der Waals surface area contributed by atoms with Crippen LogP contribution in [0.15, 0.2) is 0 Å². The minimum atomic E-state index is -3.03. The molecule has 15 heavy (non-hydrogen) atoms. The molecule has 0 bridgehead atoms. The number of sulfone groups is 1. The number of ether oxygens (including phenoxy) is 1. The van der Waals surface area contributed by atoms with Gasteiger partial charge < -0.3 is 10.5 Å². The molecule has 2 fully saturated rings. The lowest BCUT2D eigenvalue weighted by Crippen LogP contribution is -2.35. The summed E-state index contributed by atoms with van der Waals surface area (Å²) in [7, 11) is -3.03. The van der Waals surface area contributed by atoms with Crippen LogP contribution in [0.4, 0.5) is 0 Å². The molecule has 5 heteroatoms. The van der Waals surface area contributed by atoms with Gasteiger partial charge in [-0.2, -0.15) is 0 Å². The Hall–Kier alpha value is -0.130. The van der Waals surface area contributed by atoms with Crippen LogP contribution < -0.4 is 5.73 Å². The summed E-state index contributed by atoms with van der Waals surface area (Å²) >= 11 is 0. The van der Waals surface area contributed by atoms with Gasteiger partial charge in [0.1, 0.15) is 0 Å². The molecule has 2 aliphatic rings. The quantitative estimate of drug-likeness (QED) is 0.752. The minimum Gasteiger partial charge on any atom is -0.377 e. The zero-order chi connectivity index (χ0) is 11.1. The topological polar surface area (TPSA) is 69.4 Å². The van der Waals surface area contributed by atoms with Crippen molar-refractivity contribution in [3.05, 3.63) is 0 Å². The maximum atomic E-state index is 12.3. The second-order valence-corrected chi connectivity index (χ2v) is 7.14. The first-order valence-corrected chi connectivity index (χ1v) is 7.22. The van der Waals surface area contributed by atoms with E-state index in [1.54, 1.807) is 0 Å². The molecule has 1 aliphatic heterocycles. The molecule has 1 heterocycles. The van der Waals surface area contributed by atoms with Crippen LogP contribution in [0.1, 0.15) is 32.6 Å². The SMILES string of the molecule is CC1OCCC1S(=O)(=O)C1CCC(N)C1. The van der Waals surface area contributed by atoms with E-state index in [0.29, 0.717) is 19.4 Å². The predicted octanol–water partition coefficient (Wildman–Crippen LogP) is 0.458. The molecular formula is C10H19NO3S. The van der Waals surface area contributed by atoms with Gasteiger partial charge >= 0.3 is 0 Å². The third kappa shape index (κ3) is 2.05. The van der Waals surface area contributed by atoms with Crippen molar-refractivity contribution in [3.8, 4) is 0 Å². The van der Waals surface area contributed by atoms with Gasteiger partial charge in [0.05, 0.1) is 16.6 Å². The molecular weight excluding hydrogens is 214 g/mol. The number of hydrogen-bond donors (Lipinski definition) is 1. The van der Waals surface area contributed by atoms with Crippen molar-refractivity contribution in [2.75, 3.05) is 6.61 Å². The van der Waals surface area contributed by atoms with E-state index in [9.17, 15) is 8.42 Å². The summed E-state index contributed by atoms with van der Waals surface area (Å²) < 4.78 is 29.8. The number of nitrogens with two attached hydrogens (primary N) is 1. The Kier molecular flexibility index (Phi) is 3.05. The van der Waals surface area contributed by atoms with E-state index < -0.39 is 9.84 Å². The largest absolute Gasteiger partial charge is 0.377 e. The summed E-state index contributed by atoms with van der Waals surface area (Å²) in [5.41, 5.74) is 5.76. The highest BCUT2D eigenvalue weighted by Crippen LogP contribution is 2.31.